The number of nitro groups is 1. The van der Waals surface area contributed by atoms with Crippen LogP contribution in [0.2, 0.25) is 0 Å². The van der Waals surface area contributed by atoms with E-state index in [4.69, 9.17) is 4.74 Å². The van der Waals surface area contributed by atoms with Crippen molar-refractivity contribution in [1.82, 2.24) is 0 Å². The van der Waals surface area contributed by atoms with Gasteiger partial charge in [-0.2, -0.15) is 0 Å². The first kappa shape index (κ1) is 19.8. The standard InChI is InChI=1S/C19H22N2O4S/c1-13(2)10-11-26-18-9-4-14(12-17(18)21(23)24)19(22)20-15-5-7-16(25-3)8-6-15/h4-9,12-13H,10-11H2,1-3H3,(H,20,22). The molecule has 2 aromatic rings. The Morgan fingerprint density at radius 1 is 1.23 bits per heavy atom. The molecule has 0 unspecified atom stereocenters. The van der Waals surface area contributed by atoms with Crippen molar-refractivity contribution in [2.45, 2.75) is 25.2 Å². The van der Waals surface area contributed by atoms with Gasteiger partial charge in [0.1, 0.15) is 5.75 Å². The Labute approximate surface area is 157 Å². The van der Waals surface area contributed by atoms with E-state index in [-0.39, 0.29) is 11.3 Å². The van der Waals surface area contributed by atoms with Crippen LogP contribution >= 0.6 is 11.8 Å². The van der Waals surface area contributed by atoms with Crippen LogP contribution in [0.5, 0.6) is 5.75 Å². The van der Waals surface area contributed by atoms with Gasteiger partial charge in [-0.05, 0) is 54.5 Å². The Kier molecular flexibility index (Phi) is 7.03. The summed E-state index contributed by atoms with van der Waals surface area (Å²) in [5, 5.41) is 14.1. The summed E-state index contributed by atoms with van der Waals surface area (Å²) in [5.41, 5.74) is 0.802. The molecule has 1 N–H and O–H groups in total. The highest BCUT2D eigenvalue weighted by molar-refractivity contribution is 7.99. The normalized spacial score (nSPS) is 10.6. The lowest BCUT2D eigenvalue weighted by Gasteiger charge is -2.08. The number of rotatable bonds is 8. The van der Waals surface area contributed by atoms with Gasteiger partial charge in [0.15, 0.2) is 0 Å². The number of thioether (sulfide) groups is 1. The number of nitrogens with zero attached hydrogens (tertiary/aromatic N) is 1. The quantitative estimate of drug-likeness (QED) is 0.400. The van der Waals surface area contributed by atoms with Crippen molar-refractivity contribution in [3.05, 3.63) is 58.1 Å². The number of benzene rings is 2. The second-order valence-corrected chi connectivity index (χ2v) is 7.29. The van der Waals surface area contributed by atoms with Crippen LogP contribution in [0.1, 0.15) is 30.6 Å². The lowest BCUT2D eigenvalue weighted by molar-refractivity contribution is -0.387. The van der Waals surface area contributed by atoms with E-state index in [2.05, 4.69) is 19.2 Å². The first-order valence-corrected chi connectivity index (χ1v) is 9.26. The van der Waals surface area contributed by atoms with E-state index in [1.807, 2.05) is 0 Å². The van der Waals surface area contributed by atoms with Gasteiger partial charge in [-0.25, -0.2) is 0 Å². The molecular weight excluding hydrogens is 352 g/mol. The zero-order valence-corrected chi connectivity index (χ0v) is 15.8. The van der Waals surface area contributed by atoms with E-state index in [0.29, 0.717) is 22.3 Å². The average molecular weight is 374 g/mol. The SMILES string of the molecule is COc1ccc(NC(=O)c2ccc(SCCC(C)C)c([N+](=O)[O-])c2)cc1. The molecule has 0 heterocycles. The number of carbonyl (C=O) groups is 1. The largest absolute Gasteiger partial charge is 0.497 e. The Hall–Kier alpha value is -2.54. The molecule has 0 saturated carbocycles. The molecule has 0 bridgehead atoms. The van der Waals surface area contributed by atoms with Gasteiger partial charge in [-0.3, -0.25) is 14.9 Å². The molecule has 138 valence electrons. The van der Waals surface area contributed by atoms with Crippen LogP contribution < -0.4 is 10.1 Å². The summed E-state index contributed by atoms with van der Waals surface area (Å²) in [7, 11) is 1.56. The molecule has 0 fully saturated rings. The topological polar surface area (TPSA) is 81.5 Å². The lowest BCUT2D eigenvalue weighted by Crippen LogP contribution is -2.12. The van der Waals surface area contributed by atoms with Crippen LogP contribution in [-0.4, -0.2) is 23.7 Å². The van der Waals surface area contributed by atoms with Crippen molar-refractivity contribution in [2.24, 2.45) is 5.92 Å². The Morgan fingerprint density at radius 2 is 1.92 bits per heavy atom. The third-order valence-corrected chi connectivity index (χ3v) is 4.81. The molecular formula is C19H22N2O4S. The fraction of sp³-hybridized carbons (Fsp3) is 0.316. The van der Waals surface area contributed by atoms with E-state index in [1.54, 1.807) is 43.5 Å². The molecule has 0 saturated heterocycles. The first-order valence-electron chi connectivity index (χ1n) is 8.27. The molecule has 0 atom stereocenters. The molecule has 6 nitrogen and oxygen atoms in total. The summed E-state index contributed by atoms with van der Waals surface area (Å²) in [4.78, 5) is 23.9. The number of nitro benzene ring substituents is 1. The number of amides is 1. The van der Waals surface area contributed by atoms with Crippen molar-refractivity contribution in [1.29, 1.82) is 0 Å². The minimum Gasteiger partial charge on any atom is -0.497 e. The van der Waals surface area contributed by atoms with E-state index in [0.717, 1.165) is 12.2 Å². The molecule has 0 spiro atoms. The number of hydrogen-bond donors (Lipinski definition) is 1. The number of hydrogen-bond acceptors (Lipinski definition) is 5. The van der Waals surface area contributed by atoms with Gasteiger partial charge < -0.3 is 10.1 Å². The summed E-state index contributed by atoms with van der Waals surface area (Å²) in [5.74, 6) is 1.63. The average Bonchev–Trinajstić information content (AvgIpc) is 2.62. The van der Waals surface area contributed by atoms with Crippen molar-refractivity contribution in [2.75, 3.05) is 18.2 Å². The van der Waals surface area contributed by atoms with Crippen LogP contribution in [-0.2, 0) is 0 Å². The highest BCUT2D eigenvalue weighted by Gasteiger charge is 2.18. The second kappa shape index (κ2) is 9.24. The molecule has 0 aliphatic rings. The molecule has 0 radical (unpaired) electrons. The van der Waals surface area contributed by atoms with Crippen molar-refractivity contribution >= 4 is 29.0 Å². The fourth-order valence-electron chi connectivity index (χ4n) is 2.21. The van der Waals surface area contributed by atoms with E-state index < -0.39 is 10.8 Å². The minimum atomic E-state index is -0.443. The highest BCUT2D eigenvalue weighted by Crippen LogP contribution is 2.31. The summed E-state index contributed by atoms with van der Waals surface area (Å²) in [6.45, 7) is 4.23. The van der Waals surface area contributed by atoms with Crippen LogP contribution in [0, 0.1) is 16.0 Å². The molecule has 1 amide bonds. The predicted octanol–water partition coefficient (Wildman–Crippen LogP) is 4.99. The summed E-state index contributed by atoms with van der Waals surface area (Å²) in [6.07, 6.45) is 0.974. The Morgan fingerprint density at radius 3 is 2.50 bits per heavy atom. The zero-order valence-electron chi connectivity index (χ0n) is 15.0. The van der Waals surface area contributed by atoms with Crippen molar-refractivity contribution in [3.8, 4) is 5.75 Å². The summed E-state index contributed by atoms with van der Waals surface area (Å²) in [6, 6.07) is 11.5. The maximum Gasteiger partial charge on any atom is 0.283 e. The van der Waals surface area contributed by atoms with Crippen molar-refractivity contribution in [3.63, 3.8) is 0 Å². The molecule has 7 heteroatoms. The molecule has 26 heavy (non-hydrogen) atoms. The summed E-state index contributed by atoms with van der Waals surface area (Å²) < 4.78 is 5.07. The maximum atomic E-state index is 12.4. The van der Waals surface area contributed by atoms with Crippen LogP contribution in [0.3, 0.4) is 0 Å². The van der Waals surface area contributed by atoms with Gasteiger partial charge in [0.2, 0.25) is 0 Å². The van der Waals surface area contributed by atoms with Gasteiger partial charge >= 0.3 is 0 Å². The smallest absolute Gasteiger partial charge is 0.283 e. The molecule has 0 aliphatic carbocycles. The highest BCUT2D eigenvalue weighted by atomic mass is 32.2. The van der Waals surface area contributed by atoms with E-state index >= 15 is 0 Å². The third-order valence-electron chi connectivity index (χ3n) is 3.72. The molecule has 0 aliphatic heterocycles. The predicted molar refractivity (Wildman–Crippen MR) is 104 cm³/mol. The van der Waals surface area contributed by atoms with Gasteiger partial charge in [0, 0.05) is 17.3 Å². The number of nitrogens with one attached hydrogen (secondary N) is 1. The van der Waals surface area contributed by atoms with E-state index in [1.165, 1.54) is 17.8 Å². The molecule has 0 aromatic heterocycles. The number of carbonyl (C=O) groups excluding carboxylic acids is 1. The minimum absolute atomic E-state index is 0.0406. The second-order valence-electron chi connectivity index (χ2n) is 6.15. The Bertz CT molecular complexity index is 776. The van der Waals surface area contributed by atoms with Gasteiger partial charge in [-0.15, -0.1) is 11.8 Å². The third kappa shape index (κ3) is 5.49. The van der Waals surface area contributed by atoms with E-state index in [9.17, 15) is 14.9 Å². The maximum absolute atomic E-state index is 12.4. The van der Waals surface area contributed by atoms with Gasteiger partial charge in [0.05, 0.1) is 16.9 Å². The monoisotopic (exact) mass is 374 g/mol. The van der Waals surface area contributed by atoms with Gasteiger partial charge in [-0.1, -0.05) is 13.8 Å². The number of anilines is 1. The summed E-state index contributed by atoms with van der Waals surface area (Å²) >= 11 is 1.44. The van der Waals surface area contributed by atoms with Crippen molar-refractivity contribution < 1.29 is 14.5 Å². The van der Waals surface area contributed by atoms with Crippen LogP contribution in [0.15, 0.2) is 47.4 Å². The zero-order chi connectivity index (χ0) is 19.1. The molecule has 2 aromatic carbocycles. The lowest BCUT2D eigenvalue weighted by atomic mass is 10.2. The molecule has 2 rings (SSSR count). The van der Waals surface area contributed by atoms with Gasteiger partial charge in [0.25, 0.3) is 11.6 Å². The fourth-order valence-corrected chi connectivity index (χ4v) is 3.46. The Balaban J connectivity index is 2.13. The number of methoxy groups -OCH3 is 1. The first-order chi connectivity index (χ1) is 12.4. The number of ether oxygens (including phenoxy) is 1. The van der Waals surface area contributed by atoms with Crippen LogP contribution in [0.25, 0.3) is 0 Å². The van der Waals surface area contributed by atoms with Crippen LogP contribution in [0.4, 0.5) is 11.4 Å².